The van der Waals surface area contributed by atoms with Crippen molar-refractivity contribution >= 4 is 51.2 Å². The summed E-state index contributed by atoms with van der Waals surface area (Å²) < 4.78 is 2.33. The molecule has 0 heterocycles. The van der Waals surface area contributed by atoms with E-state index in [2.05, 4.69) is 51.2 Å². The Kier molecular flexibility index (Phi) is 4.43. The molecule has 0 spiro atoms. The van der Waals surface area contributed by atoms with Gasteiger partial charge in [0.2, 0.25) is 0 Å². The molecule has 0 unspecified atom stereocenters. The fourth-order valence-electron chi connectivity index (χ4n) is 0.966. The first-order valence-corrected chi connectivity index (χ1v) is 5.91. The number of hydrogen-bond donors (Lipinski definition) is 1. The van der Waals surface area contributed by atoms with E-state index in [0.29, 0.717) is 6.42 Å². The fraction of sp³-hybridized carbons (Fsp3) is 0.222. The summed E-state index contributed by atoms with van der Waals surface area (Å²) in [7, 11) is 0. The van der Waals surface area contributed by atoms with Gasteiger partial charge in [-0.05, 0) is 69.3 Å². The highest BCUT2D eigenvalue weighted by Crippen LogP contribution is 2.17. The van der Waals surface area contributed by atoms with Gasteiger partial charge in [-0.3, -0.25) is 4.79 Å². The van der Waals surface area contributed by atoms with Crippen molar-refractivity contribution in [3.05, 3.63) is 30.9 Å². The summed E-state index contributed by atoms with van der Waals surface area (Å²) in [6, 6.07) is 6.05. The van der Waals surface area contributed by atoms with E-state index in [1.807, 2.05) is 12.1 Å². The second kappa shape index (κ2) is 5.14. The first-order valence-electron chi connectivity index (χ1n) is 3.75. The topological polar surface area (TPSA) is 37.3 Å². The van der Waals surface area contributed by atoms with Gasteiger partial charge in [0, 0.05) is 13.6 Å². The molecule has 1 rings (SSSR count). The van der Waals surface area contributed by atoms with Crippen molar-refractivity contribution in [2.24, 2.45) is 0 Å². The Labute approximate surface area is 104 Å². The normalized spacial score (nSPS) is 10.0. The van der Waals surface area contributed by atoms with Gasteiger partial charge in [-0.2, -0.15) is 0 Å². The molecule has 0 radical (unpaired) electrons. The van der Waals surface area contributed by atoms with E-state index in [1.54, 1.807) is 0 Å². The van der Waals surface area contributed by atoms with Gasteiger partial charge in [-0.1, -0.05) is 6.07 Å². The van der Waals surface area contributed by atoms with Crippen LogP contribution in [0.5, 0.6) is 0 Å². The smallest absolute Gasteiger partial charge is 0.303 e. The molecule has 1 N–H and O–H groups in total. The SMILES string of the molecule is O=C(O)CCc1ccc(I)cc1I. The molecule has 13 heavy (non-hydrogen) atoms. The van der Waals surface area contributed by atoms with E-state index in [1.165, 1.54) is 3.57 Å². The highest BCUT2D eigenvalue weighted by molar-refractivity contribution is 14.1. The van der Waals surface area contributed by atoms with Crippen LogP contribution < -0.4 is 0 Å². The maximum atomic E-state index is 10.3. The molecule has 0 bridgehead atoms. The maximum Gasteiger partial charge on any atom is 0.303 e. The van der Waals surface area contributed by atoms with Crippen LogP contribution in [0, 0.1) is 7.14 Å². The standard InChI is InChI=1S/C9H8I2O2/c10-7-3-1-6(8(11)5-7)2-4-9(12)13/h1,3,5H,2,4H2,(H,12,13). The predicted octanol–water partition coefficient (Wildman–Crippen LogP) is 2.91. The average Bonchev–Trinajstić information content (AvgIpc) is 2.02. The summed E-state index contributed by atoms with van der Waals surface area (Å²) >= 11 is 4.48. The summed E-state index contributed by atoms with van der Waals surface area (Å²) in [6.07, 6.45) is 0.821. The molecule has 0 saturated carbocycles. The largest absolute Gasteiger partial charge is 0.481 e. The quantitative estimate of drug-likeness (QED) is 0.791. The predicted molar refractivity (Wildman–Crippen MR) is 67.8 cm³/mol. The molecule has 4 heteroatoms. The molecule has 70 valence electrons. The number of hydrogen-bond acceptors (Lipinski definition) is 1. The van der Waals surface area contributed by atoms with E-state index < -0.39 is 5.97 Å². The molecule has 1 aromatic rings. The van der Waals surface area contributed by atoms with Crippen molar-refractivity contribution in [3.63, 3.8) is 0 Å². The molecular weight excluding hydrogens is 394 g/mol. The van der Waals surface area contributed by atoms with Gasteiger partial charge in [0.15, 0.2) is 0 Å². The van der Waals surface area contributed by atoms with Crippen LogP contribution in [-0.4, -0.2) is 11.1 Å². The summed E-state index contributed by atoms with van der Waals surface area (Å²) in [5, 5.41) is 8.52. The fourth-order valence-corrected chi connectivity index (χ4v) is 2.84. The van der Waals surface area contributed by atoms with Gasteiger partial charge in [0.25, 0.3) is 0 Å². The lowest BCUT2D eigenvalue weighted by Crippen LogP contribution is -1.99. The first kappa shape index (κ1) is 11.2. The van der Waals surface area contributed by atoms with Crippen LogP contribution in [0.25, 0.3) is 0 Å². The summed E-state index contributed by atoms with van der Waals surface area (Å²) in [5.41, 5.74) is 1.11. The van der Waals surface area contributed by atoms with Crippen molar-refractivity contribution in [1.82, 2.24) is 0 Å². The number of rotatable bonds is 3. The van der Waals surface area contributed by atoms with Gasteiger partial charge in [0.1, 0.15) is 0 Å². The van der Waals surface area contributed by atoms with Crippen molar-refractivity contribution in [2.45, 2.75) is 12.8 Å². The molecule has 0 amide bonds. The highest BCUT2D eigenvalue weighted by atomic mass is 127. The van der Waals surface area contributed by atoms with Crippen molar-refractivity contribution < 1.29 is 9.90 Å². The number of benzene rings is 1. The Morgan fingerprint density at radius 3 is 2.62 bits per heavy atom. The molecular formula is C9H8I2O2. The number of halogens is 2. The molecule has 0 aliphatic rings. The van der Waals surface area contributed by atoms with Crippen LogP contribution in [0.3, 0.4) is 0 Å². The van der Waals surface area contributed by atoms with Crippen LogP contribution in [0.1, 0.15) is 12.0 Å². The minimum atomic E-state index is -0.741. The molecule has 0 aromatic heterocycles. The van der Waals surface area contributed by atoms with E-state index in [-0.39, 0.29) is 6.42 Å². The van der Waals surface area contributed by atoms with E-state index >= 15 is 0 Å². The Hall–Kier alpha value is 0.150. The highest BCUT2D eigenvalue weighted by Gasteiger charge is 2.03. The van der Waals surface area contributed by atoms with E-state index in [0.717, 1.165) is 9.13 Å². The van der Waals surface area contributed by atoms with Crippen LogP contribution in [-0.2, 0) is 11.2 Å². The molecule has 0 aliphatic heterocycles. The molecule has 1 aromatic carbocycles. The summed E-state index contributed by atoms with van der Waals surface area (Å²) in [6.45, 7) is 0. The van der Waals surface area contributed by atoms with Crippen molar-refractivity contribution in [2.75, 3.05) is 0 Å². The minimum Gasteiger partial charge on any atom is -0.481 e. The second-order valence-corrected chi connectivity index (χ2v) is 5.04. The second-order valence-electron chi connectivity index (χ2n) is 2.63. The summed E-state index contributed by atoms with van der Waals surface area (Å²) in [4.78, 5) is 10.3. The third-order valence-corrected chi connectivity index (χ3v) is 3.30. The monoisotopic (exact) mass is 402 g/mol. The zero-order valence-electron chi connectivity index (χ0n) is 6.76. The number of carboxylic acids is 1. The van der Waals surface area contributed by atoms with E-state index in [9.17, 15) is 4.79 Å². The van der Waals surface area contributed by atoms with Crippen LogP contribution in [0.15, 0.2) is 18.2 Å². The van der Waals surface area contributed by atoms with Crippen LogP contribution in [0.4, 0.5) is 0 Å². The third-order valence-electron chi connectivity index (χ3n) is 1.62. The lowest BCUT2D eigenvalue weighted by atomic mass is 10.1. The third kappa shape index (κ3) is 3.80. The number of aliphatic carboxylic acids is 1. The first-order chi connectivity index (χ1) is 6.09. The lowest BCUT2D eigenvalue weighted by Gasteiger charge is -2.02. The van der Waals surface area contributed by atoms with Crippen molar-refractivity contribution in [3.8, 4) is 0 Å². The zero-order valence-corrected chi connectivity index (χ0v) is 11.1. The Morgan fingerprint density at radius 1 is 1.38 bits per heavy atom. The number of aryl methyl sites for hydroxylation is 1. The Balaban J connectivity index is 2.72. The van der Waals surface area contributed by atoms with Gasteiger partial charge in [-0.15, -0.1) is 0 Å². The zero-order chi connectivity index (χ0) is 9.84. The van der Waals surface area contributed by atoms with Gasteiger partial charge < -0.3 is 5.11 Å². The molecule has 2 nitrogen and oxygen atoms in total. The maximum absolute atomic E-state index is 10.3. The molecule has 0 aliphatic carbocycles. The van der Waals surface area contributed by atoms with Crippen molar-refractivity contribution in [1.29, 1.82) is 0 Å². The minimum absolute atomic E-state index is 0.205. The van der Waals surface area contributed by atoms with Crippen LogP contribution >= 0.6 is 45.2 Å². The van der Waals surface area contributed by atoms with Gasteiger partial charge >= 0.3 is 5.97 Å². The van der Waals surface area contributed by atoms with E-state index in [4.69, 9.17) is 5.11 Å². The molecule has 0 saturated heterocycles. The number of carboxylic acid groups (broad SMARTS) is 1. The van der Waals surface area contributed by atoms with Gasteiger partial charge in [0.05, 0.1) is 0 Å². The Morgan fingerprint density at radius 2 is 2.08 bits per heavy atom. The lowest BCUT2D eigenvalue weighted by molar-refractivity contribution is -0.136. The average molecular weight is 402 g/mol. The van der Waals surface area contributed by atoms with Crippen LogP contribution in [0.2, 0.25) is 0 Å². The molecule has 0 atom stereocenters. The molecule has 0 fully saturated rings. The number of carbonyl (C=O) groups is 1. The Bertz CT molecular complexity index is 323. The summed E-state index contributed by atoms with van der Waals surface area (Å²) in [5.74, 6) is -0.741. The van der Waals surface area contributed by atoms with Gasteiger partial charge in [-0.25, -0.2) is 0 Å².